The topological polar surface area (TPSA) is 50.4 Å². The van der Waals surface area contributed by atoms with Crippen molar-refractivity contribution in [3.05, 3.63) is 27.7 Å². The van der Waals surface area contributed by atoms with Gasteiger partial charge >= 0.3 is 0 Å². The van der Waals surface area contributed by atoms with Crippen molar-refractivity contribution < 1.29 is 9.53 Å². The molecule has 1 atom stereocenters. The molecule has 4 nitrogen and oxygen atoms in total. The molecule has 0 saturated carbocycles. The molecule has 106 valence electrons. The molecule has 1 aromatic rings. The monoisotopic (exact) mass is 324 g/mol. The van der Waals surface area contributed by atoms with Gasteiger partial charge in [0.05, 0.1) is 22.7 Å². The van der Waals surface area contributed by atoms with Crippen molar-refractivity contribution in [1.29, 1.82) is 0 Å². The molecule has 1 heterocycles. The standard InChI is InChI=1S/C12H14Cl2N2O2.ClH/c1-18-11-5-10(14)9(13)4-8(11)12(17)16-7-2-3-15-6-7;/h4-5,7,15H,2-3,6H2,1H3,(H,16,17);1H. The van der Waals surface area contributed by atoms with E-state index in [1.165, 1.54) is 13.2 Å². The third kappa shape index (κ3) is 3.89. The minimum absolute atomic E-state index is 0. The van der Waals surface area contributed by atoms with E-state index in [1.807, 2.05) is 0 Å². The van der Waals surface area contributed by atoms with E-state index in [4.69, 9.17) is 27.9 Å². The lowest BCUT2D eigenvalue weighted by Crippen LogP contribution is -2.36. The highest BCUT2D eigenvalue weighted by Crippen LogP contribution is 2.30. The van der Waals surface area contributed by atoms with Gasteiger partial charge in [0.15, 0.2) is 0 Å². The predicted octanol–water partition coefficient (Wildman–Crippen LogP) is 2.52. The number of ether oxygens (including phenoxy) is 1. The van der Waals surface area contributed by atoms with E-state index in [-0.39, 0.29) is 24.4 Å². The molecule has 1 unspecified atom stereocenters. The van der Waals surface area contributed by atoms with Gasteiger partial charge < -0.3 is 15.4 Å². The number of amides is 1. The molecule has 0 aromatic heterocycles. The molecule has 1 aliphatic rings. The number of halogens is 3. The molecule has 0 bridgehead atoms. The second kappa shape index (κ2) is 7.20. The van der Waals surface area contributed by atoms with Crippen LogP contribution in [0, 0.1) is 0 Å². The molecule has 0 spiro atoms. The van der Waals surface area contributed by atoms with E-state index < -0.39 is 0 Å². The van der Waals surface area contributed by atoms with Crippen LogP contribution in [0.1, 0.15) is 16.8 Å². The summed E-state index contributed by atoms with van der Waals surface area (Å²) in [5, 5.41) is 6.83. The SMILES string of the molecule is COc1cc(Cl)c(Cl)cc1C(=O)NC1CCNC1.Cl. The van der Waals surface area contributed by atoms with Gasteiger partial charge in [-0.1, -0.05) is 23.2 Å². The van der Waals surface area contributed by atoms with E-state index in [2.05, 4.69) is 10.6 Å². The third-order valence-corrected chi connectivity index (χ3v) is 3.60. The van der Waals surface area contributed by atoms with Crippen LogP contribution >= 0.6 is 35.6 Å². The highest BCUT2D eigenvalue weighted by atomic mass is 35.5. The van der Waals surface area contributed by atoms with Crippen LogP contribution in [0.15, 0.2) is 12.1 Å². The maximum atomic E-state index is 12.1. The van der Waals surface area contributed by atoms with Crippen LogP contribution in [0.25, 0.3) is 0 Å². The van der Waals surface area contributed by atoms with Crippen LogP contribution < -0.4 is 15.4 Å². The molecule has 1 fully saturated rings. The fourth-order valence-electron chi connectivity index (χ4n) is 1.92. The number of hydrogen-bond acceptors (Lipinski definition) is 3. The van der Waals surface area contributed by atoms with Gasteiger partial charge in [-0.2, -0.15) is 0 Å². The number of methoxy groups -OCH3 is 1. The highest BCUT2D eigenvalue weighted by Gasteiger charge is 2.20. The van der Waals surface area contributed by atoms with Gasteiger partial charge in [0.25, 0.3) is 5.91 Å². The van der Waals surface area contributed by atoms with Crippen LogP contribution in [0.3, 0.4) is 0 Å². The van der Waals surface area contributed by atoms with Gasteiger partial charge in [-0.3, -0.25) is 4.79 Å². The lowest BCUT2D eigenvalue weighted by molar-refractivity contribution is 0.0937. The van der Waals surface area contributed by atoms with Crippen LogP contribution in [0.2, 0.25) is 10.0 Å². The minimum Gasteiger partial charge on any atom is -0.496 e. The van der Waals surface area contributed by atoms with Crippen molar-refractivity contribution in [2.75, 3.05) is 20.2 Å². The molecule has 0 aliphatic carbocycles. The number of hydrogen-bond donors (Lipinski definition) is 2. The summed E-state index contributed by atoms with van der Waals surface area (Å²) in [6, 6.07) is 3.23. The van der Waals surface area contributed by atoms with Crippen molar-refractivity contribution in [3.8, 4) is 5.75 Å². The van der Waals surface area contributed by atoms with E-state index in [0.29, 0.717) is 21.4 Å². The molecule has 0 radical (unpaired) electrons. The van der Waals surface area contributed by atoms with Crippen LogP contribution in [-0.4, -0.2) is 32.1 Å². The Hall–Kier alpha value is -0.680. The third-order valence-electron chi connectivity index (χ3n) is 2.88. The Bertz CT molecular complexity index is 463. The molecule has 1 saturated heterocycles. The van der Waals surface area contributed by atoms with E-state index in [9.17, 15) is 4.79 Å². The Kier molecular flexibility index (Phi) is 6.20. The van der Waals surface area contributed by atoms with Crippen LogP contribution in [-0.2, 0) is 0 Å². The fraction of sp³-hybridized carbons (Fsp3) is 0.417. The first-order valence-electron chi connectivity index (χ1n) is 5.66. The molecule has 1 amide bonds. The number of nitrogens with one attached hydrogen (secondary N) is 2. The van der Waals surface area contributed by atoms with Crippen molar-refractivity contribution in [1.82, 2.24) is 10.6 Å². The van der Waals surface area contributed by atoms with Crippen molar-refractivity contribution >= 4 is 41.5 Å². The van der Waals surface area contributed by atoms with Gasteiger partial charge in [-0.05, 0) is 19.0 Å². The summed E-state index contributed by atoms with van der Waals surface area (Å²) in [6.45, 7) is 1.71. The number of carbonyl (C=O) groups excluding carboxylic acids is 1. The summed E-state index contributed by atoms with van der Waals surface area (Å²) in [7, 11) is 1.49. The average molecular weight is 326 g/mol. The Balaban J connectivity index is 0.00000180. The first kappa shape index (κ1) is 16.4. The summed E-state index contributed by atoms with van der Waals surface area (Å²) in [5.41, 5.74) is 0.402. The van der Waals surface area contributed by atoms with Gasteiger partial charge in [0.1, 0.15) is 5.75 Å². The summed E-state index contributed by atoms with van der Waals surface area (Å²) in [6.07, 6.45) is 0.926. The number of benzene rings is 1. The Morgan fingerprint density at radius 1 is 1.42 bits per heavy atom. The maximum absolute atomic E-state index is 12.1. The van der Waals surface area contributed by atoms with Gasteiger partial charge in [-0.15, -0.1) is 12.4 Å². The molecular formula is C12H15Cl3N2O2. The molecule has 7 heteroatoms. The first-order valence-corrected chi connectivity index (χ1v) is 6.42. The zero-order valence-corrected chi connectivity index (χ0v) is 12.7. The Labute approximate surface area is 128 Å². The molecule has 1 aromatic carbocycles. The van der Waals surface area contributed by atoms with Crippen LogP contribution in [0.4, 0.5) is 0 Å². The first-order chi connectivity index (χ1) is 8.61. The lowest BCUT2D eigenvalue weighted by atomic mass is 10.1. The second-order valence-corrected chi connectivity index (χ2v) is 4.94. The van der Waals surface area contributed by atoms with Crippen molar-refractivity contribution in [3.63, 3.8) is 0 Å². The molecule has 2 N–H and O–H groups in total. The predicted molar refractivity (Wildman–Crippen MR) is 79.0 cm³/mol. The molecule has 1 aliphatic heterocycles. The quantitative estimate of drug-likeness (QED) is 0.898. The Morgan fingerprint density at radius 2 is 2.11 bits per heavy atom. The molecule has 2 rings (SSSR count). The molecule has 19 heavy (non-hydrogen) atoms. The van der Waals surface area contributed by atoms with Gasteiger partial charge in [0, 0.05) is 18.7 Å². The maximum Gasteiger partial charge on any atom is 0.255 e. The number of carbonyl (C=O) groups is 1. The summed E-state index contributed by atoms with van der Waals surface area (Å²) >= 11 is 11.8. The van der Waals surface area contributed by atoms with Crippen LogP contribution in [0.5, 0.6) is 5.75 Å². The fourth-order valence-corrected chi connectivity index (χ4v) is 2.23. The van der Waals surface area contributed by atoms with E-state index in [1.54, 1.807) is 6.07 Å². The van der Waals surface area contributed by atoms with E-state index in [0.717, 1.165) is 19.5 Å². The van der Waals surface area contributed by atoms with Gasteiger partial charge in [-0.25, -0.2) is 0 Å². The largest absolute Gasteiger partial charge is 0.496 e. The van der Waals surface area contributed by atoms with Gasteiger partial charge in [0.2, 0.25) is 0 Å². The summed E-state index contributed by atoms with van der Waals surface area (Å²) in [5.74, 6) is 0.229. The van der Waals surface area contributed by atoms with E-state index >= 15 is 0 Å². The zero-order chi connectivity index (χ0) is 13.1. The molecular weight excluding hydrogens is 311 g/mol. The Morgan fingerprint density at radius 3 is 2.68 bits per heavy atom. The number of rotatable bonds is 3. The highest BCUT2D eigenvalue weighted by molar-refractivity contribution is 6.42. The lowest BCUT2D eigenvalue weighted by Gasteiger charge is -2.14. The summed E-state index contributed by atoms with van der Waals surface area (Å²) in [4.78, 5) is 12.1. The second-order valence-electron chi connectivity index (χ2n) is 4.13. The van der Waals surface area contributed by atoms with Crippen molar-refractivity contribution in [2.45, 2.75) is 12.5 Å². The summed E-state index contributed by atoms with van der Waals surface area (Å²) < 4.78 is 5.15. The zero-order valence-electron chi connectivity index (χ0n) is 10.3. The smallest absolute Gasteiger partial charge is 0.255 e. The average Bonchev–Trinajstić information content (AvgIpc) is 2.84. The normalized spacial score (nSPS) is 17.7. The van der Waals surface area contributed by atoms with Crippen molar-refractivity contribution in [2.24, 2.45) is 0 Å². The minimum atomic E-state index is -0.195.